The van der Waals surface area contributed by atoms with Crippen molar-refractivity contribution in [2.24, 2.45) is 5.92 Å². The molecule has 0 amide bonds. The molecule has 0 aromatic rings. The predicted octanol–water partition coefficient (Wildman–Crippen LogP) is 3.92. The highest BCUT2D eigenvalue weighted by Gasteiger charge is 2.22. The molecule has 0 aliphatic carbocycles. The molecule has 0 aromatic carbocycles. The molecule has 0 heterocycles. The SMILES string of the molecule is C=C(C)C(=O)OC(C)NC(=S)C(C)C(F)CCCCC. The summed E-state index contributed by atoms with van der Waals surface area (Å²) in [5.74, 6) is -0.868. The molecule has 20 heavy (non-hydrogen) atoms. The van der Waals surface area contributed by atoms with Crippen LogP contribution in [0.15, 0.2) is 12.2 Å². The highest BCUT2D eigenvalue weighted by Crippen LogP contribution is 2.16. The Balaban J connectivity index is 4.17. The normalized spacial score (nSPS) is 15.1. The minimum atomic E-state index is -0.967. The van der Waals surface area contributed by atoms with Gasteiger partial charge in [-0.05, 0) is 20.3 Å². The lowest BCUT2D eigenvalue weighted by Gasteiger charge is -2.22. The number of hydrogen-bond acceptors (Lipinski definition) is 3. The van der Waals surface area contributed by atoms with E-state index in [4.69, 9.17) is 17.0 Å². The van der Waals surface area contributed by atoms with Crippen molar-refractivity contribution >= 4 is 23.2 Å². The molecule has 3 atom stereocenters. The number of rotatable bonds is 9. The standard InChI is InChI=1S/C15H26FNO2S/c1-6-7-8-9-13(16)11(4)14(20)17-12(5)19-15(18)10(2)3/h11-13H,2,6-9H2,1,3-5H3,(H,17,20). The maximum Gasteiger partial charge on any atom is 0.335 e. The van der Waals surface area contributed by atoms with E-state index in [9.17, 15) is 9.18 Å². The zero-order valence-corrected chi connectivity index (χ0v) is 13.7. The van der Waals surface area contributed by atoms with Gasteiger partial charge >= 0.3 is 5.97 Å². The summed E-state index contributed by atoms with van der Waals surface area (Å²) >= 11 is 5.16. The summed E-state index contributed by atoms with van der Waals surface area (Å²) in [6, 6.07) is 0. The van der Waals surface area contributed by atoms with Crippen LogP contribution in [0.1, 0.15) is 53.4 Å². The topological polar surface area (TPSA) is 38.3 Å². The van der Waals surface area contributed by atoms with Gasteiger partial charge in [0.05, 0.1) is 4.99 Å². The number of ether oxygens (including phenoxy) is 1. The van der Waals surface area contributed by atoms with Crippen LogP contribution in [0.2, 0.25) is 0 Å². The van der Waals surface area contributed by atoms with Crippen molar-refractivity contribution in [2.45, 2.75) is 65.8 Å². The van der Waals surface area contributed by atoms with Gasteiger partial charge < -0.3 is 10.1 Å². The Morgan fingerprint density at radius 1 is 1.40 bits per heavy atom. The van der Waals surface area contributed by atoms with Crippen molar-refractivity contribution in [3.05, 3.63) is 12.2 Å². The monoisotopic (exact) mass is 303 g/mol. The van der Waals surface area contributed by atoms with Crippen LogP contribution < -0.4 is 5.32 Å². The molecule has 0 fully saturated rings. The van der Waals surface area contributed by atoms with Crippen LogP contribution >= 0.6 is 12.2 Å². The first-order valence-corrected chi connectivity index (χ1v) is 7.51. The summed E-state index contributed by atoms with van der Waals surface area (Å²) < 4.78 is 19.0. The molecule has 3 nitrogen and oxygen atoms in total. The van der Waals surface area contributed by atoms with E-state index in [1.165, 1.54) is 0 Å². The molecule has 0 saturated heterocycles. The number of esters is 1. The summed E-state index contributed by atoms with van der Waals surface area (Å²) in [5, 5.41) is 2.84. The van der Waals surface area contributed by atoms with Crippen LogP contribution in [0.5, 0.6) is 0 Å². The fourth-order valence-electron chi connectivity index (χ4n) is 1.63. The molecule has 0 bridgehead atoms. The molecular formula is C15H26FNO2S. The molecule has 0 saturated carbocycles. The van der Waals surface area contributed by atoms with E-state index < -0.39 is 18.4 Å². The third kappa shape index (κ3) is 7.58. The van der Waals surface area contributed by atoms with Gasteiger partial charge in [-0.25, -0.2) is 9.18 Å². The summed E-state index contributed by atoms with van der Waals surface area (Å²) in [6.45, 7) is 10.6. The number of halogens is 1. The van der Waals surface area contributed by atoms with Crippen LogP contribution in [0.3, 0.4) is 0 Å². The lowest BCUT2D eigenvalue weighted by molar-refractivity contribution is -0.144. The van der Waals surface area contributed by atoms with Gasteiger partial charge in [-0.15, -0.1) is 0 Å². The van der Waals surface area contributed by atoms with E-state index in [0.717, 1.165) is 19.3 Å². The zero-order valence-electron chi connectivity index (χ0n) is 12.9. The molecule has 116 valence electrons. The number of carbonyl (C=O) groups is 1. The first kappa shape index (κ1) is 19.0. The highest BCUT2D eigenvalue weighted by molar-refractivity contribution is 7.80. The maximum atomic E-state index is 14.0. The first-order chi connectivity index (χ1) is 9.29. The van der Waals surface area contributed by atoms with Crippen LogP contribution in [0, 0.1) is 5.92 Å². The summed E-state index contributed by atoms with van der Waals surface area (Å²) in [4.78, 5) is 11.7. The average molecular weight is 303 g/mol. The van der Waals surface area contributed by atoms with E-state index in [-0.39, 0.29) is 5.92 Å². The summed E-state index contributed by atoms with van der Waals surface area (Å²) in [5.41, 5.74) is 0.320. The fourth-order valence-corrected chi connectivity index (χ4v) is 1.94. The van der Waals surface area contributed by atoms with E-state index in [1.807, 2.05) is 0 Å². The number of unbranched alkanes of at least 4 members (excludes halogenated alkanes) is 2. The molecule has 5 heteroatoms. The molecule has 0 rings (SSSR count). The van der Waals surface area contributed by atoms with Gasteiger partial charge in [-0.2, -0.15) is 0 Å². The third-order valence-electron chi connectivity index (χ3n) is 3.02. The van der Waals surface area contributed by atoms with Gasteiger partial charge in [0.2, 0.25) is 0 Å². The Morgan fingerprint density at radius 3 is 2.50 bits per heavy atom. The second kappa shape index (κ2) is 9.86. The minimum Gasteiger partial charge on any atom is -0.439 e. The Morgan fingerprint density at radius 2 is 2.00 bits per heavy atom. The van der Waals surface area contributed by atoms with Crippen molar-refractivity contribution in [3.8, 4) is 0 Å². The lowest BCUT2D eigenvalue weighted by atomic mass is 10.00. The van der Waals surface area contributed by atoms with Gasteiger partial charge in [0.1, 0.15) is 6.17 Å². The smallest absolute Gasteiger partial charge is 0.335 e. The molecule has 3 unspecified atom stereocenters. The number of nitrogens with one attached hydrogen (secondary N) is 1. The van der Waals surface area contributed by atoms with E-state index >= 15 is 0 Å². The van der Waals surface area contributed by atoms with E-state index in [0.29, 0.717) is 17.0 Å². The Hall–Kier alpha value is -0.970. The van der Waals surface area contributed by atoms with Crippen molar-refractivity contribution in [3.63, 3.8) is 0 Å². The van der Waals surface area contributed by atoms with Gasteiger partial charge in [0, 0.05) is 11.5 Å². The van der Waals surface area contributed by atoms with Crippen LogP contribution in [-0.4, -0.2) is 23.4 Å². The van der Waals surface area contributed by atoms with Gasteiger partial charge in [0.15, 0.2) is 6.23 Å². The van der Waals surface area contributed by atoms with Gasteiger partial charge in [-0.1, -0.05) is 51.9 Å². The average Bonchev–Trinajstić information content (AvgIpc) is 2.37. The number of carbonyl (C=O) groups excluding carboxylic acids is 1. The van der Waals surface area contributed by atoms with Gasteiger partial charge in [-0.3, -0.25) is 0 Å². The van der Waals surface area contributed by atoms with Crippen LogP contribution in [-0.2, 0) is 9.53 Å². The van der Waals surface area contributed by atoms with Crippen LogP contribution in [0.25, 0.3) is 0 Å². The Bertz CT molecular complexity index is 347. The molecular weight excluding hydrogens is 277 g/mol. The van der Waals surface area contributed by atoms with Crippen molar-refractivity contribution in [1.82, 2.24) is 5.32 Å². The molecule has 0 radical (unpaired) electrons. The molecule has 0 aromatic heterocycles. The fraction of sp³-hybridized carbons (Fsp3) is 0.733. The minimum absolute atomic E-state index is 0.320. The summed E-state index contributed by atoms with van der Waals surface area (Å²) in [6.07, 6.45) is 1.92. The molecule has 0 aliphatic rings. The predicted molar refractivity (Wildman–Crippen MR) is 84.3 cm³/mol. The third-order valence-corrected chi connectivity index (χ3v) is 3.51. The molecule has 1 N–H and O–H groups in total. The highest BCUT2D eigenvalue weighted by atomic mass is 32.1. The largest absolute Gasteiger partial charge is 0.439 e. The molecule has 0 spiro atoms. The quantitative estimate of drug-likeness (QED) is 0.230. The lowest BCUT2D eigenvalue weighted by Crippen LogP contribution is -2.40. The summed E-state index contributed by atoms with van der Waals surface area (Å²) in [7, 11) is 0. The molecule has 0 aliphatic heterocycles. The number of alkyl halides is 1. The number of hydrogen-bond donors (Lipinski definition) is 1. The van der Waals surface area contributed by atoms with Crippen LogP contribution in [0.4, 0.5) is 4.39 Å². The van der Waals surface area contributed by atoms with Crippen molar-refractivity contribution in [2.75, 3.05) is 0 Å². The van der Waals surface area contributed by atoms with Gasteiger partial charge in [0.25, 0.3) is 0 Å². The second-order valence-corrected chi connectivity index (χ2v) is 5.58. The Labute approximate surface area is 127 Å². The van der Waals surface area contributed by atoms with E-state index in [1.54, 1.807) is 20.8 Å². The first-order valence-electron chi connectivity index (χ1n) is 7.10. The van der Waals surface area contributed by atoms with Crippen molar-refractivity contribution < 1.29 is 13.9 Å². The maximum absolute atomic E-state index is 14.0. The second-order valence-electron chi connectivity index (χ2n) is 5.14. The Kier molecular flexibility index (Phi) is 9.38. The van der Waals surface area contributed by atoms with Crippen molar-refractivity contribution in [1.29, 1.82) is 0 Å². The zero-order chi connectivity index (χ0) is 15.7. The van der Waals surface area contributed by atoms with E-state index in [2.05, 4.69) is 18.8 Å². The number of thiocarbonyl (C=S) groups is 1.